The van der Waals surface area contributed by atoms with Gasteiger partial charge in [-0.2, -0.15) is 5.10 Å². The normalized spacial score (nSPS) is 15.5. The Morgan fingerprint density at radius 1 is 1.17 bits per heavy atom. The summed E-state index contributed by atoms with van der Waals surface area (Å²) < 4.78 is 12.2. The van der Waals surface area contributed by atoms with E-state index in [-0.39, 0.29) is 17.4 Å². The van der Waals surface area contributed by atoms with E-state index in [9.17, 15) is 9.59 Å². The lowest BCUT2D eigenvalue weighted by Gasteiger charge is -2.18. The molecule has 0 aliphatic carbocycles. The van der Waals surface area contributed by atoms with Crippen LogP contribution in [0.25, 0.3) is 11.1 Å². The van der Waals surface area contributed by atoms with E-state index in [1.807, 2.05) is 53.4 Å². The Kier molecular flexibility index (Phi) is 7.08. The summed E-state index contributed by atoms with van der Waals surface area (Å²) in [4.78, 5) is 31.7. The van der Waals surface area contributed by atoms with Gasteiger partial charge in [-0.3, -0.25) is 9.59 Å². The molecular weight excluding hydrogens is 458 g/mol. The number of carbonyl (C=O) groups is 1. The van der Waals surface area contributed by atoms with E-state index in [2.05, 4.69) is 15.4 Å². The average molecular weight is 488 g/mol. The summed E-state index contributed by atoms with van der Waals surface area (Å²) in [5.41, 5.74) is 4.17. The van der Waals surface area contributed by atoms with Gasteiger partial charge in [-0.25, -0.2) is 9.67 Å². The standard InChI is InChI=1S/C27H29N5O4/c1-35-15-14-32-26(33)16-22(17-28-32)31-13-12-20(18-31)27(34)29-21-9-6-19(7-10-21)8-11-25-30-23-4-2-3-5-24(23)36-25/h2-7,9-10,16-17,20H,8,11-15,18H2,1H3,(H,29,34). The van der Waals surface area contributed by atoms with E-state index < -0.39 is 0 Å². The minimum Gasteiger partial charge on any atom is -0.441 e. The van der Waals surface area contributed by atoms with Crippen LogP contribution in [0.4, 0.5) is 11.4 Å². The highest BCUT2D eigenvalue weighted by molar-refractivity contribution is 5.93. The van der Waals surface area contributed by atoms with Gasteiger partial charge in [0, 0.05) is 38.4 Å². The fourth-order valence-electron chi connectivity index (χ4n) is 4.43. The van der Waals surface area contributed by atoms with Crippen molar-refractivity contribution in [3.8, 4) is 0 Å². The molecule has 186 valence electrons. The predicted molar refractivity (Wildman–Crippen MR) is 137 cm³/mol. The number of rotatable bonds is 9. The summed E-state index contributed by atoms with van der Waals surface area (Å²) in [7, 11) is 1.59. The molecule has 0 radical (unpaired) electrons. The Labute approximate surface area is 208 Å². The highest BCUT2D eigenvalue weighted by Gasteiger charge is 2.29. The van der Waals surface area contributed by atoms with E-state index >= 15 is 0 Å². The Bertz CT molecular complexity index is 1360. The first-order chi connectivity index (χ1) is 17.6. The predicted octanol–water partition coefficient (Wildman–Crippen LogP) is 3.28. The third kappa shape index (κ3) is 5.46. The van der Waals surface area contributed by atoms with Crippen LogP contribution in [0.5, 0.6) is 0 Å². The first-order valence-electron chi connectivity index (χ1n) is 12.1. The number of oxazole rings is 1. The van der Waals surface area contributed by atoms with Gasteiger partial charge < -0.3 is 19.4 Å². The molecule has 9 nitrogen and oxygen atoms in total. The van der Waals surface area contributed by atoms with E-state index in [0.717, 1.165) is 46.8 Å². The van der Waals surface area contributed by atoms with Crippen LogP contribution in [-0.2, 0) is 28.9 Å². The highest BCUT2D eigenvalue weighted by atomic mass is 16.5. The molecule has 1 aliphatic heterocycles. The van der Waals surface area contributed by atoms with Gasteiger partial charge in [0.15, 0.2) is 11.5 Å². The van der Waals surface area contributed by atoms with Crippen LogP contribution < -0.4 is 15.8 Å². The number of carbonyl (C=O) groups excluding carboxylic acids is 1. The number of hydrogen-bond acceptors (Lipinski definition) is 7. The first kappa shape index (κ1) is 23.7. The molecule has 0 bridgehead atoms. The number of amides is 1. The summed E-state index contributed by atoms with van der Waals surface area (Å²) in [6.45, 7) is 2.10. The molecule has 5 rings (SSSR count). The summed E-state index contributed by atoms with van der Waals surface area (Å²) in [5.74, 6) is 0.555. The van der Waals surface area contributed by atoms with Gasteiger partial charge in [-0.05, 0) is 42.7 Å². The topological polar surface area (TPSA) is 102 Å². The summed E-state index contributed by atoms with van der Waals surface area (Å²) in [6.07, 6.45) is 3.92. The van der Waals surface area contributed by atoms with Crippen molar-refractivity contribution < 1.29 is 13.9 Å². The van der Waals surface area contributed by atoms with E-state index in [0.29, 0.717) is 32.7 Å². The number of hydrogen-bond donors (Lipinski definition) is 1. The number of nitrogens with zero attached hydrogens (tertiary/aromatic N) is 4. The van der Waals surface area contributed by atoms with Crippen LogP contribution in [0.1, 0.15) is 17.9 Å². The Balaban J connectivity index is 1.13. The second-order valence-corrected chi connectivity index (χ2v) is 8.96. The Morgan fingerprint density at radius 3 is 2.78 bits per heavy atom. The molecule has 1 saturated heterocycles. The second kappa shape index (κ2) is 10.7. The van der Waals surface area contributed by atoms with Crippen molar-refractivity contribution >= 4 is 28.4 Å². The van der Waals surface area contributed by atoms with Crippen LogP contribution in [0.3, 0.4) is 0 Å². The van der Waals surface area contributed by atoms with Gasteiger partial charge in [0.1, 0.15) is 5.52 Å². The molecule has 3 heterocycles. The summed E-state index contributed by atoms with van der Waals surface area (Å²) in [5, 5.41) is 7.25. The smallest absolute Gasteiger partial charge is 0.268 e. The zero-order valence-corrected chi connectivity index (χ0v) is 20.2. The number of methoxy groups -OCH3 is 1. The maximum atomic E-state index is 12.9. The SMILES string of the molecule is COCCn1ncc(N2CCC(C(=O)Nc3ccc(CCc4nc5ccccc5o4)cc3)C2)cc1=O. The van der Waals surface area contributed by atoms with Gasteiger partial charge in [-0.15, -0.1) is 0 Å². The largest absolute Gasteiger partial charge is 0.441 e. The highest BCUT2D eigenvalue weighted by Crippen LogP contribution is 2.24. The van der Waals surface area contributed by atoms with Crippen molar-refractivity contribution in [2.24, 2.45) is 5.92 Å². The third-order valence-corrected chi connectivity index (χ3v) is 6.47. The quantitative estimate of drug-likeness (QED) is 0.387. The number of nitrogens with one attached hydrogen (secondary N) is 1. The molecule has 9 heteroatoms. The Morgan fingerprint density at radius 2 is 2.00 bits per heavy atom. The Hall–Kier alpha value is -3.98. The molecule has 1 aliphatic rings. The minimum atomic E-state index is -0.173. The number of fused-ring (bicyclic) bond motifs is 1. The fourth-order valence-corrected chi connectivity index (χ4v) is 4.43. The van der Waals surface area contributed by atoms with Crippen LogP contribution in [-0.4, -0.2) is 47.5 Å². The molecule has 1 unspecified atom stereocenters. The maximum absolute atomic E-state index is 12.9. The van der Waals surface area contributed by atoms with Crippen LogP contribution in [0.2, 0.25) is 0 Å². The maximum Gasteiger partial charge on any atom is 0.268 e. The number of para-hydroxylation sites is 2. The molecule has 4 aromatic rings. The fraction of sp³-hybridized carbons (Fsp3) is 0.333. The minimum absolute atomic E-state index is 0.0156. The van der Waals surface area contributed by atoms with Crippen LogP contribution in [0, 0.1) is 5.92 Å². The van der Waals surface area contributed by atoms with E-state index in [4.69, 9.17) is 9.15 Å². The lowest BCUT2D eigenvalue weighted by atomic mass is 10.1. The molecule has 2 aromatic heterocycles. The van der Waals surface area contributed by atoms with Gasteiger partial charge in [0.2, 0.25) is 5.91 Å². The molecule has 0 spiro atoms. The molecule has 2 aromatic carbocycles. The molecule has 1 fully saturated rings. The molecule has 0 saturated carbocycles. The van der Waals surface area contributed by atoms with E-state index in [1.165, 1.54) is 4.68 Å². The van der Waals surface area contributed by atoms with Gasteiger partial charge in [-0.1, -0.05) is 24.3 Å². The van der Waals surface area contributed by atoms with Gasteiger partial charge in [0.25, 0.3) is 5.56 Å². The number of aryl methyl sites for hydroxylation is 2. The molecule has 36 heavy (non-hydrogen) atoms. The molecular formula is C27H29N5O4. The van der Waals surface area contributed by atoms with Crippen molar-refractivity contribution in [2.75, 3.05) is 37.0 Å². The lowest BCUT2D eigenvalue weighted by Crippen LogP contribution is -2.29. The third-order valence-electron chi connectivity index (χ3n) is 6.47. The molecule has 1 atom stereocenters. The van der Waals surface area contributed by atoms with E-state index in [1.54, 1.807) is 19.4 Å². The van der Waals surface area contributed by atoms with Gasteiger partial charge >= 0.3 is 0 Å². The molecule has 1 amide bonds. The van der Waals surface area contributed by atoms with Crippen molar-refractivity contribution in [1.82, 2.24) is 14.8 Å². The average Bonchev–Trinajstić information content (AvgIpc) is 3.55. The van der Waals surface area contributed by atoms with Crippen molar-refractivity contribution in [3.05, 3.63) is 82.6 Å². The number of benzene rings is 2. The number of ether oxygens (including phenoxy) is 1. The monoisotopic (exact) mass is 487 g/mol. The first-order valence-corrected chi connectivity index (χ1v) is 12.1. The lowest BCUT2D eigenvalue weighted by molar-refractivity contribution is -0.119. The molecule has 1 N–H and O–H groups in total. The second-order valence-electron chi connectivity index (χ2n) is 8.96. The van der Waals surface area contributed by atoms with Crippen LogP contribution >= 0.6 is 0 Å². The van der Waals surface area contributed by atoms with Crippen LogP contribution in [0.15, 0.2) is 70.0 Å². The number of anilines is 2. The zero-order valence-electron chi connectivity index (χ0n) is 20.2. The van der Waals surface area contributed by atoms with Crippen molar-refractivity contribution in [1.29, 1.82) is 0 Å². The van der Waals surface area contributed by atoms with Crippen molar-refractivity contribution in [3.63, 3.8) is 0 Å². The number of aromatic nitrogens is 3. The zero-order chi connectivity index (χ0) is 24.9. The summed E-state index contributed by atoms with van der Waals surface area (Å²) >= 11 is 0. The van der Waals surface area contributed by atoms with Gasteiger partial charge in [0.05, 0.1) is 31.0 Å². The van der Waals surface area contributed by atoms with Crippen molar-refractivity contribution in [2.45, 2.75) is 25.8 Å². The summed E-state index contributed by atoms with van der Waals surface area (Å²) in [6, 6.07) is 17.2.